The van der Waals surface area contributed by atoms with E-state index in [1.54, 1.807) is 24.3 Å². The third-order valence-electron chi connectivity index (χ3n) is 3.95. The van der Waals surface area contributed by atoms with Crippen LogP contribution < -0.4 is 14.8 Å². The van der Waals surface area contributed by atoms with E-state index in [1.165, 1.54) is 7.11 Å². The van der Waals surface area contributed by atoms with Gasteiger partial charge in [-0.25, -0.2) is 4.79 Å². The summed E-state index contributed by atoms with van der Waals surface area (Å²) in [6.07, 6.45) is 1.05. The number of benzene rings is 2. The molecule has 1 heterocycles. The summed E-state index contributed by atoms with van der Waals surface area (Å²) in [4.78, 5) is 11.4. The van der Waals surface area contributed by atoms with E-state index in [2.05, 4.69) is 10.1 Å². The Morgan fingerprint density at radius 1 is 1.08 bits per heavy atom. The minimum Gasteiger partial charge on any atom is -0.492 e. The van der Waals surface area contributed by atoms with Gasteiger partial charge in [0.2, 0.25) is 0 Å². The van der Waals surface area contributed by atoms with Crippen molar-refractivity contribution in [1.29, 1.82) is 0 Å². The maximum Gasteiger partial charge on any atom is 0.337 e. The Hall–Kier alpha value is -2.53. The molecule has 1 N–H and O–H groups in total. The smallest absolute Gasteiger partial charge is 0.337 e. The van der Waals surface area contributed by atoms with Gasteiger partial charge < -0.3 is 19.5 Å². The molecule has 0 amide bonds. The van der Waals surface area contributed by atoms with Crippen LogP contribution in [0.15, 0.2) is 54.6 Å². The lowest BCUT2D eigenvalue weighted by molar-refractivity contribution is 0.0600. The predicted octanol–water partition coefficient (Wildman–Crippen LogP) is 2.66. The molecule has 3 rings (SSSR count). The molecule has 2 aromatic rings. The van der Waals surface area contributed by atoms with Crippen LogP contribution in [0, 0.1) is 0 Å². The molecule has 0 radical (unpaired) electrons. The number of ether oxygens (including phenoxy) is 3. The van der Waals surface area contributed by atoms with Gasteiger partial charge in [-0.2, -0.15) is 0 Å². The number of methoxy groups -OCH3 is 1. The number of para-hydroxylation sites is 1. The van der Waals surface area contributed by atoms with Crippen molar-refractivity contribution in [3.63, 3.8) is 0 Å². The summed E-state index contributed by atoms with van der Waals surface area (Å²) in [6, 6.07) is 17.0. The van der Waals surface area contributed by atoms with E-state index in [-0.39, 0.29) is 18.1 Å². The second kappa shape index (κ2) is 7.84. The van der Waals surface area contributed by atoms with Crippen molar-refractivity contribution >= 4 is 5.97 Å². The fraction of sp³-hybridized carbons (Fsp3) is 0.316. The number of nitrogens with one attached hydrogen (secondary N) is 1. The van der Waals surface area contributed by atoms with Crippen molar-refractivity contribution in [2.45, 2.75) is 18.6 Å². The van der Waals surface area contributed by atoms with Gasteiger partial charge in [0.05, 0.1) is 12.7 Å². The van der Waals surface area contributed by atoms with Crippen molar-refractivity contribution in [2.24, 2.45) is 0 Å². The summed E-state index contributed by atoms with van der Waals surface area (Å²) < 4.78 is 16.4. The second-order valence-corrected chi connectivity index (χ2v) is 5.72. The van der Waals surface area contributed by atoms with Gasteiger partial charge in [0.1, 0.15) is 24.2 Å². The lowest BCUT2D eigenvalue weighted by atomic mass is 10.2. The summed E-state index contributed by atoms with van der Waals surface area (Å²) >= 11 is 0. The molecule has 2 atom stereocenters. The Morgan fingerprint density at radius 2 is 1.83 bits per heavy atom. The summed E-state index contributed by atoms with van der Waals surface area (Å²) in [6.45, 7) is 1.37. The van der Waals surface area contributed by atoms with Crippen molar-refractivity contribution in [2.75, 3.05) is 20.3 Å². The van der Waals surface area contributed by atoms with Gasteiger partial charge in [0.25, 0.3) is 0 Å². The van der Waals surface area contributed by atoms with Crippen LogP contribution in [-0.4, -0.2) is 38.4 Å². The molecule has 0 unspecified atom stereocenters. The SMILES string of the molecule is COC(=O)c1ccc(OC[C@@H]2C[C@H](Oc3ccccc3)CN2)cc1. The largest absolute Gasteiger partial charge is 0.492 e. The highest BCUT2D eigenvalue weighted by atomic mass is 16.5. The van der Waals surface area contributed by atoms with Gasteiger partial charge in [0.15, 0.2) is 0 Å². The maximum absolute atomic E-state index is 11.4. The fourth-order valence-corrected chi connectivity index (χ4v) is 2.69. The standard InChI is InChI=1S/C19H21NO4/c1-22-19(21)14-7-9-16(10-8-14)23-13-15-11-18(12-20-15)24-17-5-3-2-4-6-17/h2-10,15,18,20H,11-13H2,1H3/t15-,18-/m0/s1. The molecular formula is C19H21NO4. The topological polar surface area (TPSA) is 56.8 Å². The molecule has 126 valence electrons. The highest BCUT2D eigenvalue weighted by Gasteiger charge is 2.26. The average Bonchev–Trinajstić information content (AvgIpc) is 3.08. The summed E-state index contributed by atoms with van der Waals surface area (Å²) in [5.74, 6) is 1.28. The molecule has 5 heteroatoms. The first-order valence-corrected chi connectivity index (χ1v) is 8.01. The third-order valence-corrected chi connectivity index (χ3v) is 3.95. The summed E-state index contributed by atoms with van der Waals surface area (Å²) in [5, 5.41) is 3.41. The van der Waals surface area contributed by atoms with E-state index >= 15 is 0 Å². The first kappa shape index (κ1) is 16.3. The number of hydrogen-bond donors (Lipinski definition) is 1. The Bertz CT molecular complexity index is 657. The Labute approximate surface area is 141 Å². The molecule has 0 spiro atoms. The average molecular weight is 327 g/mol. The molecule has 0 aliphatic carbocycles. The van der Waals surface area contributed by atoms with Gasteiger partial charge in [0, 0.05) is 19.0 Å². The van der Waals surface area contributed by atoms with Crippen LogP contribution >= 0.6 is 0 Å². The number of carbonyl (C=O) groups excluding carboxylic acids is 1. The van der Waals surface area contributed by atoms with Gasteiger partial charge in [-0.1, -0.05) is 18.2 Å². The van der Waals surface area contributed by atoms with Crippen LogP contribution in [0.4, 0.5) is 0 Å². The zero-order valence-corrected chi connectivity index (χ0v) is 13.6. The second-order valence-electron chi connectivity index (χ2n) is 5.72. The highest BCUT2D eigenvalue weighted by Crippen LogP contribution is 2.18. The van der Waals surface area contributed by atoms with Gasteiger partial charge in [-0.3, -0.25) is 0 Å². The minimum atomic E-state index is -0.347. The third kappa shape index (κ3) is 4.26. The lowest BCUT2D eigenvalue weighted by Crippen LogP contribution is -2.28. The van der Waals surface area contributed by atoms with E-state index in [0.29, 0.717) is 12.2 Å². The molecule has 1 aliphatic heterocycles. The minimum absolute atomic E-state index is 0.155. The Balaban J connectivity index is 1.45. The van der Waals surface area contributed by atoms with E-state index in [4.69, 9.17) is 9.47 Å². The molecule has 0 aromatic heterocycles. The Kier molecular flexibility index (Phi) is 5.33. The van der Waals surface area contributed by atoms with Crippen molar-refractivity contribution < 1.29 is 19.0 Å². The maximum atomic E-state index is 11.4. The van der Waals surface area contributed by atoms with Crippen LogP contribution in [0.25, 0.3) is 0 Å². The monoisotopic (exact) mass is 327 g/mol. The van der Waals surface area contributed by atoms with Crippen LogP contribution in [0.3, 0.4) is 0 Å². The van der Waals surface area contributed by atoms with E-state index < -0.39 is 0 Å². The summed E-state index contributed by atoms with van der Waals surface area (Å²) in [7, 11) is 1.37. The van der Waals surface area contributed by atoms with Crippen molar-refractivity contribution in [1.82, 2.24) is 5.32 Å². The number of rotatable bonds is 6. The number of hydrogen-bond acceptors (Lipinski definition) is 5. The fourth-order valence-electron chi connectivity index (χ4n) is 2.69. The predicted molar refractivity (Wildman–Crippen MR) is 90.5 cm³/mol. The first-order valence-electron chi connectivity index (χ1n) is 8.01. The van der Waals surface area contributed by atoms with Gasteiger partial charge >= 0.3 is 5.97 Å². The molecule has 24 heavy (non-hydrogen) atoms. The first-order chi connectivity index (χ1) is 11.7. The van der Waals surface area contributed by atoms with Crippen LogP contribution in [0.5, 0.6) is 11.5 Å². The van der Waals surface area contributed by atoms with E-state index in [9.17, 15) is 4.79 Å². The van der Waals surface area contributed by atoms with Crippen LogP contribution in [0.2, 0.25) is 0 Å². The molecule has 1 aliphatic rings. The number of carbonyl (C=O) groups is 1. The van der Waals surface area contributed by atoms with Crippen LogP contribution in [-0.2, 0) is 4.74 Å². The van der Waals surface area contributed by atoms with E-state index in [0.717, 1.165) is 24.5 Å². The summed E-state index contributed by atoms with van der Waals surface area (Å²) in [5.41, 5.74) is 0.514. The van der Waals surface area contributed by atoms with Gasteiger partial charge in [-0.05, 0) is 36.4 Å². The molecule has 1 fully saturated rings. The molecule has 5 nitrogen and oxygen atoms in total. The number of esters is 1. The quantitative estimate of drug-likeness (QED) is 0.827. The van der Waals surface area contributed by atoms with Gasteiger partial charge in [-0.15, -0.1) is 0 Å². The van der Waals surface area contributed by atoms with E-state index in [1.807, 2.05) is 30.3 Å². The zero-order valence-electron chi connectivity index (χ0n) is 13.6. The zero-order chi connectivity index (χ0) is 16.8. The van der Waals surface area contributed by atoms with Crippen molar-refractivity contribution in [3.8, 4) is 11.5 Å². The molecule has 2 aromatic carbocycles. The van der Waals surface area contributed by atoms with Crippen LogP contribution in [0.1, 0.15) is 16.8 Å². The lowest BCUT2D eigenvalue weighted by Gasteiger charge is -2.14. The molecule has 0 bridgehead atoms. The van der Waals surface area contributed by atoms with Crippen molar-refractivity contribution in [3.05, 3.63) is 60.2 Å². The molecule has 1 saturated heterocycles. The normalized spacial score (nSPS) is 19.7. The highest BCUT2D eigenvalue weighted by molar-refractivity contribution is 5.89. The Morgan fingerprint density at radius 3 is 2.54 bits per heavy atom. The molecule has 0 saturated carbocycles. The molecular weight excluding hydrogens is 306 g/mol.